The Morgan fingerprint density at radius 2 is 2.00 bits per heavy atom. The van der Waals surface area contributed by atoms with Gasteiger partial charge < -0.3 is 20.1 Å². The summed E-state index contributed by atoms with van der Waals surface area (Å²) in [5, 5.41) is 6.35. The van der Waals surface area contributed by atoms with E-state index in [-0.39, 0.29) is 6.09 Å². The van der Waals surface area contributed by atoms with E-state index in [1.54, 1.807) is 0 Å². The zero-order valence-corrected chi connectivity index (χ0v) is 18.6. The van der Waals surface area contributed by atoms with Crippen molar-refractivity contribution in [3.05, 3.63) is 35.9 Å². The van der Waals surface area contributed by atoms with Gasteiger partial charge in [-0.3, -0.25) is 0 Å². The summed E-state index contributed by atoms with van der Waals surface area (Å²) in [6.45, 7) is 7.42. The molecule has 0 radical (unpaired) electrons. The Bertz CT molecular complexity index is 604. The summed E-state index contributed by atoms with van der Waals surface area (Å²) in [5.74, 6) is 3.09. The van der Waals surface area contributed by atoms with E-state index < -0.39 is 0 Å². The third-order valence-electron chi connectivity index (χ3n) is 6.68. The van der Waals surface area contributed by atoms with Crippen molar-refractivity contribution in [2.45, 2.75) is 58.5 Å². The van der Waals surface area contributed by atoms with Crippen molar-refractivity contribution in [1.82, 2.24) is 10.6 Å². The van der Waals surface area contributed by atoms with E-state index in [9.17, 15) is 4.79 Å². The molecule has 1 heterocycles. The minimum absolute atomic E-state index is 0.312. The van der Waals surface area contributed by atoms with Gasteiger partial charge in [-0.25, -0.2) is 4.79 Å². The second-order valence-electron chi connectivity index (χ2n) is 9.04. The van der Waals surface area contributed by atoms with E-state index in [1.807, 2.05) is 30.3 Å². The lowest BCUT2D eigenvalue weighted by atomic mass is 9.92. The second kappa shape index (κ2) is 13.0. The summed E-state index contributed by atoms with van der Waals surface area (Å²) < 4.78 is 11.3. The summed E-state index contributed by atoms with van der Waals surface area (Å²) in [6, 6.07) is 9.80. The van der Waals surface area contributed by atoms with Gasteiger partial charge >= 0.3 is 6.09 Å². The molecule has 5 heteroatoms. The summed E-state index contributed by atoms with van der Waals surface area (Å²) in [4.78, 5) is 12.0. The van der Waals surface area contributed by atoms with Gasteiger partial charge in [-0.1, -0.05) is 50.1 Å². The van der Waals surface area contributed by atoms with E-state index in [1.165, 1.54) is 38.5 Å². The minimum Gasteiger partial charge on any atom is -0.445 e. The summed E-state index contributed by atoms with van der Waals surface area (Å²) >= 11 is 0. The second-order valence-corrected chi connectivity index (χ2v) is 9.04. The van der Waals surface area contributed by atoms with Crippen LogP contribution in [0.3, 0.4) is 0 Å². The van der Waals surface area contributed by atoms with Gasteiger partial charge in [-0.2, -0.15) is 0 Å². The Kier molecular flexibility index (Phi) is 9.97. The molecule has 3 atom stereocenters. The quantitative estimate of drug-likeness (QED) is 0.455. The van der Waals surface area contributed by atoms with Gasteiger partial charge in [0, 0.05) is 19.8 Å². The maximum absolute atomic E-state index is 12.0. The summed E-state index contributed by atoms with van der Waals surface area (Å²) in [6.07, 6.45) is 8.23. The van der Waals surface area contributed by atoms with E-state index >= 15 is 0 Å². The van der Waals surface area contributed by atoms with Gasteiger partial charge in [-0.15, -0.1) is 0 Å². The average Bonchev–Trinajstić information content (AvgIpc) is 3.56. The van der Waals surface area contributed by atoms with E-state index in [2.05, 4.69) is 17.6 Å². The first-order valence-corrected chi connectivity index (χ1v) is 12.0. The molecular weight excluding hydrogens is 376 g/mol. The van der Waals surface area contributed by atoms with Crippen LogP contribution in [-0.2, 0) is 16.1 Å². The number of nitrogens with one attached hydrogen (secondary N) is 2. The fourth-order valence-electron chi connectivity index (χ4n) is 4.79. The molecule has 0 spiro atoms. The number of piperidine rings is 1. The normalized spacial score (nSPS) is 22.4. The highest BCUT2D eigenvalue weighted by atomic mass is 16.5. The largest absolute Gasteiger partial charge is 0.445 e. The lowest BCUT2D eigenvalue weighted by Gasteiger charge is -2.22. The third kappa shape index (κ3) is 8.27. The van der Waals surface area contributed by atoms with Gasteiger partial charge in [0.15, 0.2) is 0 Å². The molecular formula is C25H40N2O3. The number of ether oxygens (including phenoxy) is 2. The predicted octanol–water partition coefficient (Wildman–Crippen LogP) is 4.76. The molecule has 1 amide bonds. The van der Waals surface area contributed by atoms with Crippen molar-refractivity contribution in [1.29, 1.82) is 0 Å². The molecule has 0 bridgehead atoms. The van der Waals surface area contributed by atoms with Crippen molar-refractivity contribution < 1.29 is 14.3 Å². The van der Waals surface area contributed by atoms with Crippen LogP contribution in [-0.4, -0.2) is 38.9 Å². The monoisotopic (exact) mass is 416 g/mol. The zero-order valence-electron chi connectivity index (χ0n) is 18.6. The van der Waals surface area contributed by atoms with Gasteiger partial charge in [0.05, 0.1) is 0 Å². The molecule has 1 saturated carbocycles. The lowest BCUT2D eigenvalue weighted by Crippen LogP contribution is -2.30. The number of hydrogen-bond donors (Lipinski definition) is 2. The molecule has 3 rings (SSSR count). The van der Waals surface area contributed by atoms with E-state index in [4.69, 9.17) is 9.47 Å². The number of benzene rings is 1. The number of carbonyl (C=O) groups excluding carboxylic acids is 1. The Balaban J connectivity index is 1.25. The topological polar surface area (TPSA) is 59.6 Å². The van der Waals surface area contributed by atoms with Crippen LogP contribution in [0.15, 0.2) is 30.3 Å². The molecule has 0 aromatic heterocycles. The SMILES string of the molecule is CCCC(CCNC(=O)OCc1ccccc1)[C@H]1C[C@H]1CCOCC1CCNCC1. The van der Waals surface area contributed by atoms with Gasteiger partial charge in [-0.05, 0) is 74.4 Å². The van der Waals surface area contributed by atoms with Crippen LogP contribution in [0.1, 0.15) is 57.4 Å². The fourth-order valence-corrected chi connectivity index (χ4v) is 4.79. The van der Waals surface area contributed by atoms with Crippen molar-refractivity contribution in [3.8, 4) is 0 Å². The van der Waals surface area contributed by atoms with Crippen LogP contribution < -0.4 is 10.6 Å². The zero-order chi connectivity index (χ0) is 21.0. The molecule has 1 saturated heterocycles. The molecule has 1 aromatic rings. The summed E-state index contributed by atoms with van der Waals surface area (Å²) in [5.41, 5.74) is 1.01. The van der Waals surface area contributed by atoms with Crippen molar-refractivity contribution in [2.75, 3.05) is 32.8 Å². The van der Waals surface area contributed by atoms with Crippen LogP contribution in [0.2, 0.25) is 0 Å². The van der Waals surface area contributed by atoms with Crippen LogP contribution in [0, 0.1) is 23.7 Å². The Morgan fingerprint density at radius 1 is 1.20 bits per heavy atom. The maximum Gasteiger partial charge on any atom is 0.407 e. The number of rotatable bonds is 13. The van der Waals surface area contributed by atoms with Gasteiger partial charge in [0.1, 0.15) is 6.61 Å². The Hall–Kier alpha value is -1.59. The molecule has 30 heavy (non-hydrogen) atoms. The smallest absolute Gasteiger partial charge is 0.407 e. The Labute approximate surface area is 182 Å². The molecule has 1 aliphatic carbocycles. The van der Waals surface area contributed by atoms with E-state index in [0.29, 0.717) is 19.1 Å². The molecule has 1 unspecified atom stereocenters. The predicted molar refractivity (Wildman–Crippen MR) is 120 cm³/mol. The third-order valence-corrected chi connectivity index (χ3v) is 6.68. The Morgan fingerprint density at radius 3 is 2.77 bits per heavy atom. The summed E-state index contributed by atoms with van der Waals surface area (Å²) in [7, 11) is 0. The van der Waals surface area contributed by atoms with Crippen molar-refractivity contribution in [2.24, 2.45) is 23.7 Å². The van der Waals surface area contributed by atoms with Crippen LogP contribution in [0.4, 0.5) is 4.79 Å². The maximum atomic E-state index is 12.0. The molecule has 2 N–H and O–H groups in total. The first-order chi connectivity index (χ1) is 14.8. The lowest BCUT2D eigenvalue weighted by molar-refractivity contribution is 0.0823. The number of carbonyl (C=O) groups is 1. The first kappa shape index (κ1) is 23.1. The van der Waals surface area contributed by atoms with Crippen LogP contribution in [0.25, 0.3) is 0 Å². The van der Waals surface area contributed by atoms with Gasteiger partial charge in [0.25, 0.3) is 0 Å². The van der Waals surface area contributed by atoms with Crippen molar-refractivity contribution >= 4 is 6.09 Å². The number of alkyl carbamates (subject to hydrolysis) is 1. The molecule has 5 nitrogen and oxygen atoms in total. The molecule has 1 aliphatic heterocycles. The standard InChI is InChI=1S/C25H40N2O3/c1-2-6-22(11-15-27-25(28)30-19-20-7-4-3-5-8-20)24-17-23(24)12-16-29-18-21-9-13-26-14-10-21/h3-5,7-8,21-24,26H,2,6,9-19H2,1H3,(H,27,28)/t22?,23-,24-/m1/s1. The van der Waals surface area contributed by atoms with Gasteiger partial charge in [0.2, 0.25) is 0 Å². The number of hydrogen-bond acceptors (Lipinski definition) is 4. The van der Waals surface area contributed by atoms with Crippen molar-refractivity contribution in [3.63, 3.8) is 0 Å². The molecule has 168 valence electrons. The average molecular weight is 417 g/mol. The van der Waals surface area contributed by atoms with Crippen LogP contribution >= 0.6 is 0 Å². The number of amides is 1. The molecule has 2 aliphatic rings. The van der Waals surface area contributed by atoms with Crippen LogP contribution in [0.5, 0.6) is 0 Å². The highest BCUT2D eigenvalue weighted by Gasteiger charge is 2.41. The first-order valence-electron chi connectivity index (χ1n) is 12.0. The highest BCUT2D eigenvalue weighted by molar-refractivity contribution is 5.67. The fraction of sp³-hybridized carbons (Fsp3) is 0.720. The highest BCUT2D eigenvalue weighted by Crippen LogP contribution is 2.49. The molecule has 1 aromatic carbocycles. The molecule has 2 fully saturated rings. The minimum atomic E-state index is -0.312. The van der Waals surface area contributed by atoms with E-state index in [0.717, 1.165) is 56.0 Å².